The molecule has 0 radical (unpaired) electrons. The van der Waals surface area contributed by atoms with E-state index in [9.17, 15) is 25.5 Å². The highest BCUT2D eigenvalue weighted by Gasteiger charge is 2.49. The van der Waals surface area contributed by atoms with E-state index >= 15 is 0 Å². The smallest absolute Gasteiger partial charge is 0.141 e. The minimum atomic E-state index is -0.939. The molecule has 6 aromatic carbocycles. The Hall–Kier alpha value is -15.0. The van der Waals surface area contributed by atoms with E-state index in [1.165, 1.54) is 27.8 Å². The first kappa shape index (κ1) is 101. The van der Waals surface area contributed by atoms with Gasteiger partial charge in [0.25, 0.3) is 0 Å². The van der Waals surface area contributed by atoms with Crippen LogP contribution in [0.15, 0.2) is 335 Å². The second-order valence-electron chi connectivity index (χ2n) is 41.7. The summed E-state index contributed by atoms with van der Waals surface area (Å²) in [7, 11) is 0. The van der Waals surface area contributed by atoms with E-state index in [2.05, 4.69) is 253 Å². The van der Waals surface area contributed by atoms with Crippen molar-refractivity contribution >= 4 is 0 Å². The number of pyridine rings is 8. The molecule has 20 nitrogen and oxygen atoms in total. The Morgan fingerprint density at radius 2 is 0.473 bits per heavy atom. The Bertz CT molecular complexity index is 6430. The molecule has 0 saturated carbocycles. The Morgan fingerprint density at radius 3 is 0.747 bits per heavy atom. The minimum absolute atomic E-state index is 0.256. The molecule has 9 aromatic heterocycles. The number of piperidine rings is 15. The van der Waals surface area contributed by atoms with Crippen LogP contribution in [0.3, 0.4) is 0 Å². The van der Waals surface area contributed by atoms with Crippen LogP contribution in [-0.2, 0) is 32.1 Å². The lowest BCUT2D eigenvalue weighted by Crippen LogP contribution is -2.58. The third kappa shape index (κ3) is 24.9. The maximum absolute atomic E-state index is 11.2. The summed E-state index contributed by atoms with van der Waals surface area (Å²) in [5, 5.41) is 55.9. The van der Waals surface area contributed by atoms with Crippen molar-refractivity contribution in [2.75, 3.05) is 98.2 Å². The van der Waals surface area contributed by atoms with Gasteiger partial charge in [-0.25, -0.2) is 24.9 Å². The predicted octanol–water partition coefficient (Wildman–Crippen LogP) is 17.7. The Morgan fingerprint density at radius 1 is 0.213 bits per heavy atom. The molecule has 20 heteroatoms. The van der Waals surface area contributed by atoms with E-state index in [4.69, 9.17) is 19.9 Å². The maximum atomic E-state index is 11.2. The second kappa shape index (κ2) is 46.8. The number of rotatable bonds is 15. The largest absolute Gasteiger partial charge is 0.376 e. The summed E-state index contributed by atoms with van der Waals surface area (Å²) in [6.07, 6.45) is 37.3. The van der Waals surface area contributed by atoms with Crippen molar-refractivity contribution in [2.45, 2.75) is 124 Å². The average Bonchev–Trinajstić information content (AvgIpc) is 0.788. The maximum Gasteiger partial charge on any atom is 0.141 e. The molecule has 24 heterocycles. The molecule has 15 fully saturated rings. The van der Waals surface area contributed by atoms with Gasteiger partial charge in [-0.15, -0.1) is 0 Å². The van der Waals surface area contributed by atoms with Crippen LogP contribution in [0.25, 0.3) is 55.9 Å². The molecule has 10 bridgehead atoms. The summed E-state index contributed by atoms with van der Waals surface area (Å²) in [6, 6.07) is 86.7. The van der Waals surface area contributed by atoms with Gasteiger partial charge in [0.1, 0.15) is 56.5 Å². The highest BCUT2D eigenvalue weighted by molar-refractivity contribution is 5.68. The van der Waals surface area contributed by atoms with Crippen LogP contribution in [0.5, 0.6) is 0 Å². The summed E-state index contributed by atoms with van der Waals surface area (Å²) in [4.78, 5) is 56.5. The third-order valence-corrected chi connectivity index (χ3v) is 31.6. The fraction of sp³-hybridized carbons (Fsp3) is 0.308. The predicted molar refractivity (Wildman–Crippen MR) is 589 cm³/mol. The van der Waals surface area contributed by atoms with Crippen LogP contribution in [0.1, 0.15) is 148 Å². The number of fused-ring (bicyclic) bond motifs is 15. The van der Waals surface area contributed by atoms with E-state index in [-0.39, 0.29) is 29.6 Å². The molecule has 5 atom stereocenters. The number of aliphatic hydroxyl groups is 5. The lowest BCUT2D eigenvalue weighted by atomic mass is 9.76. The fourth-order valence-corrected chi connectivity index (χ4v) is 23.0. The van der Waals surface area contributed by atoms with Crippen molar-refractivity contribution in [1.29, 1.82) is 0 Å². The van der Waals surface area contributed by atoms with E-state index in [1.54, 1.807) is 49.6 Å². The fourth-order valence-electron chi connectivity index (χ4n) is 23.0. The third-order valence-electron chi connectivity index (χ3n) is 31.6. The number of hydrogen-bond acceptors (Lipinski definition) is 20. The first-order valence-electron chi connectivity index (χ1n) is 53.1. The first-order valence-corrected chi connectivity index (χ1v) is 53.1. The molecule has 750 valence electrons. The molecule has 15 aliphatic heterocycles. The Balaban J connectivity index is 0.000000109. The van der Waals surface area contributed by atoms with Crippen LogP contribution in [0.2, 0.25) is 0 Å². The number of benzene rings is 6. The van der Waals surface area contributed by atoms with Crippen LogP contribution >= 0.6 is 0 Å². The van der Waals surface area contributed by atoms with E-state index in [0.717, 1.165) is 274 Å². The van der Waals surface area contributed by atoms with E-state index in [0.29, 0.717) is 32.7 Å². The second-order valence-corrected chi connectivity index (χ2v) is 41.7. The number of nitrogens with zero attached hydrogens (tertiary/aromatic N) is 15. The summed E-state index contributed by atoms with van der Waals surface area (Å²) in [6.45, 7) is 14.0. The van der Waals surface area contributed by atoms with Gasteiger partial charge in [0.15, 0.2) is 0 Å². The molecule has 5 unspecified atom stereocenters. The summed E-state index contributed by atoms with van der Waals surface area (Å²) in [5.41, 5.74) is 20.5. The van der Waals surface area contributed by atoms with Crippen molar-refractivity contribution in [3.8, 4) is 115 Å². The topological polar surface area (TPSA) is 246 Å². The van der Waals surface area contributed by atoms with Crippen LogP contribution in [-0.4, -0.2) is 226 Å². The Kier molecular flexibility index (Phi) is 31.5. The van der Waals surface area contributed by atoms with Gasteiger partial charge in [0.2, 0.25) is 0 Å². The van der Waals surface area contributed by atoms with Gasteiger partial charge in [0.05, 0.1) is 17.6 Å². The zero-order valence-electron chi connectivity index (χ0n) is 84.8. The molecule has 5 N–H and O–H groups in total. The van der Waals surface area contributed by atoms with E-state index < -0.39 is 28.0 Å². The highest BCUT2D eigenvalue weighted by Crippen LogP contribution is 2.42. The lowest BCUT2D eigenvalue weighted by Gasteiger charge is -2.47. The van der Waals surface area contributed by atoms with Gasteiger partial charge in [0, 0.05) is 202 Å². The van der Waals surface area contributed by atoms with Gasteiger partial charge >= 0.3 is 0 Å². The van der Waals surface area contributed by atoms with Crippen molar-refractivity contribution < 1.29 is 25.5 Å². The molecule has 15 saturated heterocycles. The SMILES string of the molecule is OC1(C#Cc2ncc(-c3ccccc3)cc2Cc2ccccc2)CN2CCC1CC2.OC1(C#Cc2ncc(-c3ccccn3)cc2Cc2ccccc2)CN2CCC1CC2.OC1(C#Cc2ncc(-c3cccnc3)cc2Cc2ccccc2)CN2CCC1CC2.OC1(C#Cc2ncc(-c3ccncc3)cc2Cc2ccccc2)CN2CCC1CC2.OC1(C#Cc2ncc(-c3cnccn3)cc2Cc2ccccc2)CN2CCC1CC2. The van der Waals surface area contributed by atoms with Crippen molar-refractivity contribution in [3.63, 3.8) is 0 Å². The monoisotopic (exact) mass is 1980 g/mol. The summed E-state index contributed by atoms with van der Waals surface area (Å²) in [5.74, 6) is 33.7. The molecule has 0 spiro atoms. The van der Waals surface area contributed by atoms with Crippen LogP contribution in [0, 0.1) is 88.8 Å². The molecular weight excluding hydrogens is 1850 g/mol. The van der Waals surface area contributed by atoms with Gasteiger partial charge in [-0.2, -0.15) is 0 Å². The first-order chi connectivity index (χ1) is 73.5. The van der Waals surface area contributed by atoms with Gasteiger partial charge < -0.3 is 25.5 Å². The lowest BCUT2D eigenvalue weighted by molar-refractivity contribution is -0.0714. The van der Waals surface area contributed by atoms with Gasteiger partial charge in [-0.05, 0) is 287 Å². The van der Waals surface area contributed by atoms with Crippen LogP contribution < -0.4 is 0 Å². The molecule has 30 rings (SSSR count). The van der Waals surface area contributed by atoms with Crippen molar-refractivity contribution in [1.82, 2.24) is 74.3 Å². The highest BCUT2D eigenvalue weighted by atomic mass is 16.3. The Labute approximate surface area is 880 Å². The minimum Gasteiger partial charge on any atom is -0.376 e. The molecule has 0 amide bonds. The molecular formula is C130H125N15O5. The quantitative estimate of drug-likeness (QED) is 0.0599. The standard InChI is InChI=1S/C27H26N2O.3C26H25N3O.C25H24N4O/c30-27(20-29-15-12-25(27)13-16-29)14-11-26-23(17-21-7-3-1-4-8-21)18-24(19-28-26)22-9-5-2-6-10-22;30-26(19-29-14-10-23(26)11-15-29)12-9-25-21(16-20-6-2-1-3-7-20)17-22(18-28-25)24-8-4-5-13-27-24;30-26(19-29-13-9-24(26)10-14-29)11-8-25-22(15-20-5-2-1-3-6-20)16-23(18-28-25)21-7-4-12-27-17-21;30-26(19-29-14-9-24(26)10-15-29)11-6-25-22(16-20-4-2-1-3-5-20)17-23(18-28-25)21-7-12-27-13-8-21;30-25(18-29-12-7-22(25)8-13-29)9-6-23-20(14-19-4-2-1-3-5-19)15-21(16-28-23)24-17-26-10-11-27-24/h1-10,18-19,25,30H,12-13,15-17,20H2;1-8,13,17-18,23,30H,10-11,14-16,19H2;1-7,12,16-18,24,30H,9-10,13-15,19H2;1-5,7-8,12-13,17-18,24,30H,9-10,14-16,19H2;1-5,10-11,15-17,22,30H,7-8,12-14,18H2. The zero-order valence-corrected chi connectivity index (χ0v) is 84.8. The molecule has 15 aromatic rings. The van der Waals surface area contributed by atoms with Crippen LogP contribution in [0.4, 0.5) is 0 Å². The number of aromatic nitrogens is 10. The van der Waals surface area contributed by atoms with E-state index in [1.807, 2.05) is 146 Å². The molecule has 0 aliphatic carbocycles. The molecule has 15 aliphatic rings. The van der Waals surface area contributed by atoms with Crippen molar-refractivity contribution in [2.24, 2.45) is 29.6 Å². The number of hydrogen-bond donors (Lipinski definition) is 5. The van der Waals surface area contributed by atoms with Gasteiger partial charge in [-0.1, -0.05) is 224 Å². The molecule has 150 heavy (non-hydrogen) atoms. The normalized spacial score (nSPS) is 24.8. The summed E-state index contributed by atoms with van der Waals surface area (Å²) < 4.78 is 0. The van der Waals surface area contributed by atoms with Crippen molar-refractivity contribution in [3.05, 3.63) is 419 Å². The summed E-state index contributed by atoms with van der Waals surface area (Å²) >= 11 is 0. The zero-order chi connectivity index (χ0) is 102. The van der Waals surface area contributed by atoms with Gasteiger partial charge in [-0.3, -0.25) is 49.4 Å². The average molecular weight is 1980 g/mol.